The van der Waals surface area contributed by atoms with Crippen LogP contribution in [0.4, 0.5) is 0 Å². The highest BCUT2D eigenvalue weighted by atomic mass is 16.3. The fourth-order valence-electron chi connectivity index (χ4n) is 9.27. The topological polar surface area (TPSA) is 47.3 Å². The highest BCUT2D eigenvalue weighted by Crippen LogP contribution is 2.47. The molecule has 0 bridgehead atoms. The molecule has 0 radical (unpaired) electrons. The maximum absolute atomic E-state index is 14.2. The second kappa shape index (κ2) is 14.7. The predicted octanol–water partition coefficient (Wildman–Crippen LogP) is 13.7. The standard InChI is InChI=1S/C54H64O3/c1-51(2,3)41-29-35(30-42(49(41)55)52(4,5)6)47(39-25-17-21-33-19-13-15-23-37(33)39)45-27-28-46(57-45)48(40-26-18-22-34-20-14-16-24-38(34)40)36-31-43(53(7,8)9)50(56)44(32-36)54(10,11)12/h17-18,21-22,25-32H,13-16,19-20,23-24H2,1-12H3. The molecule has 0 saturated carbocycles. The molecule has 0 aliphatic heterocycles. The molecule has 3 aromatic rings. The summed E-state index contributed by atoms with van der Waals surface area (Å²) in [6.45, 7) is 25.7. The maximum Gasteiger partial charge on any atom is 0.186 e. The van der Waals surface area contributed by atoms with Gasteiger partial charge in [-0.3, -0.25) is 9.59 Å². The summed E-state index contributed by atoms with van der Waals surface area (Å²) in [6.07, 6.45) is 17.4. The lowest BCUT2D eigenvalue weighted by Gasteiger charge is -2.32. The van der Waals surface area contributed by atoms with Crippen LogP contribution in [0.25, 0.3) is 11.1 Å². The number of carbonyl (C=O) groups is 2. The summed E-state index contributed by atoms with van der Waals surface area (Å²) in [7, 11) is 0. The summed E-state index contributed by atoms with van der Waals surface area (Å²) in [4.78, 5) is 28.5. The lowest BCUT2D eigenvalue weighted by atomic mass is 9.71. The van der Waals surface area contributed by atoms with Gasteiger partial charge in [-0.1, -0.05) is 119 Å². The number of benzene rings is 2. The molecule has 57 heavy (non-hydrogen) atoms. The summed E-state index contributed by atoms with van der Waals surface area (Å²) in [6, 6.07) is 17.8. The van der Waals surface area contributed by atoms with Crippen molar-refractivity contribution >= 4 is 22.7 Å². The van der Waals surface area contributed by atoms with Gasteiger partial charge in [0.2, 0.25) is 0 Å². The zero-order chi connectivity index (χ0) is 41.2. The Kier molecular flexibility index (Phi) is 10.5. The first kappa shape index (κ1) is 40.7. The molecule has 2 aromatic carbocycles. The minimum Gasteiger partial charge on any atom is -0.456 e. The Balaban J connectivity index is 1.57. The van der Waals surface area contributed by atoms with Gasteiger partial charge in [-0.05, 0) is 154 Å². The summed E-state index contributed by atoms with van der Waals surface area (Å²) in [5.41, 5.74) is 13.9. The Hall–Kier alpha value is -4.50. The molecule has 0 fully saturated rings. The highest BCUT2D eigenvalue weighted by molar-refractivity contribution is 6.13. The minimum absolute atomic E-state index is 0.129. The smallest absolute Gasteiger partial charge is 0.186 e. The van der Waals surface area contributed by atoms with Crippen LogP contribution in [0.2, 0.25) is 0 Å². The number of ketones is 2. The Labute approximate surface area is 342 Å². The molecule has 3 heteroatoms. The second-order valence-corrected chi connectivity index (χ2v) is 21.0. The average molecular weight is 761 g/mol. The van der Waals surface area contributed by atoms with E-state index in [-0.39, 0.29) is 33.2 Å². The monoisotopic (exact) mass is 760 g/mol. The van der Waals surface area contributed by atoms with E-state index in [1.165, 1.54) is 46.2 Å². The number of furan rings is 1. The second-order valence-electron chi connectivity index (χ2n) is 21.0. The van der Waals surface area contributed by atoms with Gasteiger partial charge in [-0.2, -0.15) is 0 Å². The van der Waals surface area contributed by atoms with E-state index in [0.29, 0.717) is 0 Å². The SMILES string of the molecule is CC(C)(C)C1=CC(=C(c2ccc(C(=C3C=C(C(C)(C)C)C(=O)C(C(C)(C)C)=C3)c3cccc4c3CCCC4)o2)c2cccc3c2CCCC3)C=C(C(C)(C)C)C1=O. The predicted molar refractivity (Wildman–Crippen MR) is 237 cm³/mol. The van der Waals surface area contributed by atoms with E-state index in [0.717, 1.165) is 94.6 Å². The van der Waals surface area contributed by atoms with Crippen molar-refractivity contribution in [3.05, 3.63) is 151 Å². The summed E-state index contributed by atoms with van der Waals surface area (Å²) >= 11 is 0. The van der Waals surface area contributed by atoms with Crippen LogP contribution in [0, 0.1) is 21.7 Å². The van der Waals surface area contributed by atoms with E-state index in [4.69, 9.17) is 4.42 Å². The molecule has 298 valence electrons. The molecule has 1 aromatic heterocycles. The van der Waals surface area contributed by atoms with Crippen LogP contribution < -0.4 is 0 Å². The molecule has 0 spiro atoms. The molecule has 0 N–H and O–H groups in total. The van der Waals surface area contributed by atoms with Crippen molar-refractivity contribution < 1.29 is 14.0 Å². The zero-order valence-electron chi connectivity index (χ0n) is 36.8. The van der Waals surface area contributed by atoms with Crippen LogP contribution in [-0.4, -0.2) is 11.6 Å². The molecular weight excluding hydrogens is 697 g/mol. The Morgan fingerprint density at radius 3 is 1.07 bits per heavy atom. The van der Waals surface area contributed by atoms with E-state index in [1.54, 1.807) is 0 Å². The van der Waals surface area contributed by atoms with Crippen molar-refractivity contribution in [2.24, 2.45) is 21.7 Å². The quantitative estimate of drug-likeness (QED) is 0.266. The van der Waals surface area contributed by atoms with Crippen LogP contribution in [-0.2, 0) is 35.3 Å². The van der Waals surface area contributed by atoms with Crippen LogP contribution in [0.1, 0.15) is 154 Å². The Morgan fingerprint density at radius 1 is 0.439 bits per heavy atom. The molecule has 4 aliphatic rings. The first-order valence-corrected chi connectivity index (χ1v) is 21.4. The minimum atomic E-state index is -0.348. The van der Waals surface area contributed by atoms with Crippen LogP contribution >= 0.6 is 0 Å². The number of hydrogen-bond acceptors (Lipinski definition) is 3. The van der Waals surface area contributed by atoms with Crippen LogP contribution in [0.15, 0.2) is 111 Å². The average Bonchev–Trinajstić information content (AvgIpc) is 3.60. The number of rotatable bonds is 4. The molecule has 3 nitrogen and oxygen atoms in total. The van der Waals surface area contributed by atoms with Crippen molar-refractivity contribution in [2.75, 3.05) is 0 Å². The molecule has 4 aliphatic carbocycles. The van der Waals surface area contributed by atoms with Gasteiger partial charge in [-0.25, -0.2) is 0 Å². The zero-order valence-corrected chi connectivity index (χ0v) is 36.8. The van der Waals surface area contributed by atoms with E-state index < -0.39 is 0 Å². The molecule has 1 heterocycles. The first-order chi connectivity index (χ1) is 26.6. The van der Waals surface area contributed by atoms with Crippen molar-refractivity contribution in [3.8, 4) is 0 Å². The molecule has 7 rings (SSSR count). The number of Topliss-reactive ketones (excluding diaryl/α,β-unsaturated/α-hetero) is 2. The fourth-order valence-corrected chi connectivity index (χ4v) is 9.27. The Bertz CT molecular complexity index is 2100. The number of aryl methyl sites for hydroxylation is 2. The lowest BCUT2D eigenvalue weighted by molar-refractivity contribution is -0.114. The van der Waals surface area contributed by atoms with Crippen molar-refractivity contribution in [1.82, 2.24) is 0 Å². The highest BCUT2D eigenvalue weighted by Gasteiger charge is 2.37. The molecule has 0 unspecified atom stereocenters. The van der Waals surface area contributed by atoms with E-state index in [1.807, 2.05) is 0 Å². The third-order valence-corrected chi connectivity index (χ3v) is 12.4. The fraction of sp³-hybridized carbons (Fsp3) is 0.444. The summed E-state index contributed by atoms with van der Waals surface area (Å²) in [5, 5.41) is 0. The Morgan fingerprint density at radius 2 is 0.754 bits per heavy atom. The van der Waals surface area contributed by atoms with Crippen LogP contribution in [0.5, 0.6) is 0 Å². The molecule has 0 atom stereocenters. The molecule has 0 amide bonds. The van der Waals surface area contributed by atoms with E-state index >= 15 is 0 Å². The van der Waals surface area contributed by atoms with Gasteiger partial charge < -0.3 is 4.42 Å². The van der Waals surface area contributed by atoms with Gasteiger partial charge in [0.15, 0.2) is 11.6 Å². The van der Waals surface area contributed by atoms with Gasteiger partial charge in [0.1, 0.15) is 11.5 Å². The third-order valence-electron chi connectivity index (χ3n) is 12.4. The molecule has 0 saturated heterocycles. The summed E-state index contributed by atoms with van der Waals surface area (Å²) < 4.78 is 7.34. The number of carbonyl (C=O) groups excluding carboxylic acids is 2. The van der Waals surface area contributed by atoms with Gasteiger partial charge >= 0.3 is 0 Å². The summed E-state index contributed by atoms with van der Waals surface area (Å²) in [5.74, 6) is 1.84. The molecular formula is C54H64O3. The lowest BCUT2D eigenvalue weighted by Crippen LogP contribution is -2.28. The van der Waals surface area contributed by atoms with Crippen molar-refractivity contribution in [1.29, 1.82) is 0 Å². The van der Waals surface area contributed by atoms with E-state index in [9.17, 15) is 9.59 Å². The van der Waals surface area contributed by atoms with Gasteiger partial charge in [0, 0.05) is 33.4 Å². The first-order valence-electron chi connectivity index (χ1n) is 21.4. The third kappa shape index (κ3) is 7.89. The normalized spacial score (nSPS) is 18.0. The van der Waals surface area contributed by atoms with E-state index in [2.05, 4.69) is 156 Å². The van der Waals surface area contributed by atoms with Gasteiger partial charge in [0.25, 0.3) is 0 Å². The largest absolute Gasteiger partial charge is 0.456 e. The van der Waals surface area contributed by atoms with Crippen molar-refractivity contribution in [3.63, 3.8) is 0 Å². The van der Waals surface area contributed by atoms with Gasteiger partial charge in [0.05, 0.1) is 0 Å². The number of allylic oxidation sites excluding steroid dienone is 10. The number of hydrogen-bond donors (Lipinski definition) is 0. The van der Waals surface area contributed by atoms with Crippen LogP contribution in [0.3, 0.4) is 0 Å². The number of fused-ring (bicyclic) bond motifs is 2. The van der Waals surface area contributed by atoms with Crippen molar-refractivity contribution in [2.45, 2.75) is 134 Å². The maximum atomic E-state index is 14.2. The van der Waals surface area contributed by atoms with Gasteiger partial charge in [-0.15, -0.1) is 0 Å².